The maximum atomic E-state index is 13.3. The predicted octanol–water partition coefficient (Wildman–Crippen LogP) is 4.67. The molecule has 1 aliphatic carbocycles. The van der Waals surface area contributed by atoms with Gasteiger partial charge in [-0.25, -0.2) is 4.39 Å². The van der Waals surface area contributed by atoms with Crippen molar-refractivity contribution in [1.29, 1.82) is 0 Å². The molecule has 20 heavy (non-hydrogen) atoms. The first-order chi connectivity index (χ1) is 9.29. The molecule has 0 aliphatic heterocycles. The Bertz CT molecular complexity index is 557. The Morgan fingerprint density at radius 3 is 2.80 bits per heavy atom. The predicted molar refractivity (Wildman–Crippen MR) is 77.8 cm³/mol. The van der Waals surface area contributed by atoms with Gasteiger partial charge in [0.15, 0.2) is 0 Å². The SMILES string of the molecule is CCC1(C)C(Cl)CC1Oc1c(Br)cc(F)cc1[N+](=O)[O-]. The van der Waals surface area contributed by atoms with Gasteiger partial charge in [0.1, 0.15) is 11.9 Å². The zero-order valence-corrected chi connectivity index (χ0v) is 13.4. The third-order valence-corrected chi connectivity index (χ3v) is 5.35. The number of nitro benzene ring substituents is 1. The maximum Gasteiger partial charge on any atom is 0.315 e. The third kappa shape index (κ3) is 2.51. The normalized spacial score (nSPS) is 28.9. The lowest BCUT2D eigenvalue weighted by Gasteiger charge is -2.50. The van der Waals surface area contributed by atoms with E-state index in [0.717, 1.165) is 18.6 Å². The first-order valence-corrected chi connectivity index (χ1v) is 7.46. The van der Waals surface area contributed by atoms with Gasteiger partial charge in [0.25, 0.3) is 0 Å². The quantitative estimate of drug-likeness (QED) is 0.442. The minimum Gasteiger partial charge on any atom is -0.482 e. The molecule has 1 aliphatic rings. The number of nitrogens with zero attached hydrogens (tertiary/aromatic N) is 1. The fourth-order valence-corrected chi connectivity index (χ4v) is 3.31. The van der Waals surface area contributed by atoms with Gasteiger partial charge in [-0.2, -0.15) is 0 Å². The van der Waals surface area contributed by atoms with Crippen LogP contribution in [0.2, 0.25) is 0 Å². The van der Waals surface area contributed by atoms with Gasteiger partial charge < -0.3 is 4.74 Å². The Balaban J connectivity index is 2.33. The van der Waals surface area contributed by atoms with E-state index in [-0.39, 0.29) is 32.8 Å². The Morgan fingerprint density at radius 2 is 2.30 bits per heavy atom. The smallest absolute Gasteiger partial charge is 0.315 e. The second-order valence-electron chi connectivity index (χ2n) is 5.16. The molecule has 7 heteroatoms. The zero-order valence-electron chi connectivity index (χ0n) is 11.0. The summed E-state index contributed by atoms with van der Waals surface area (Å²) in [5.74, 6) is -0.623. The number of hydrogen-bond acceptors (Lipinski definition) is 3. The molecule has 2 rings (SSSR count). The van der Waals surface area contributed by atoms with Crippen molar-refractivity contribution in [3.05, 3.63) is 32.5 Å². The number of benzene rings is 1. The van der Waals surface area contributed by atoms with Crippen molar-refractivity contribution < 1.29 is 14.1 Å². The monoisotopic (exact) mass is 365 g/mol. The standard InChI is InChI=1S/C13H14BrClFNO3/c1-3-13(2)10(15)6-11(13)20-12-8(14)4-7(16)5-9(12)17(18)19/h4-5,10-11H,3,6H2,1-2H3. The number of nitro groups is 1. The molecule has 3 atom stereocenters. The molecule has 0 amide bonds. The molecular weight excluding hydrogens is 353 g/mol. The molecule has 3 unspecified atom stereocenters. The van der Waals surface area contributed by atoms with Crippen LogP contribution >= 0.6 is 27.5 Å². The van der Waals surface area contributed by atoms with Gasteiger partial charge in [-0.1, -0.05) is 13.8 Å². The summed E-state index contributed by atoms with van der Waals surface area (Å²) in [6.07, 6.45) is 1.21. The molecule has 110 valence electrons. The largest absolute Gasteiger partial charge is 0.482 e. The van der Waals surface area contributed by atoms with Gasteiger partial charge in [-0.05, 0) is 28.4 Å². The van der Waals surface area contributed by atoms with Crippen LogP contribution in [0.5, 0.6) is 5.75 Å². The lowest BCUT2D eigenvalue weighted by atomic mass is 9.65. The second kappa shape index (κ2) is 5.48. The number of ether oxygens (including phenoxy) is 1. The van der Waals surface area contributed by atoms with E-state index < -0.39 is 10.7 Å². The fraction of sp³-hybridized carbons (Fsp3) is 0.538. The Hall–Kier alpha value is -0.880. The summed E-state index contributed by atoms with van der Waals surface area (Å²) in [5.41, 5.74) is -0.614. The van der Waals surface area contributed by atoms with E-state index in [4.69, 9.17) is 16.3 Å². The van der Waals surface area contributed by atoms with Gasteiger partial charge in [0, 0.05) is 17.2 Å². The summed E-state index contributed by atoms with van der Waals surface area (Å²) in [6.45, 7) is 3.99. The van der Waals surface area contributed by atoms with Crippen molar-refractivity contribution in [2.24, 2.45) is 5.41 Å². The average Bonchev–Trinajstić information content (AvgIpc) is 2.38. The van der Waals surface area contributed by atoms with E-state index in [1.807, 2.05) is 13.8 Å². The van der Waals surface area contributed by atoms with E-state index in [0.29, 0.717) is 6.42 Å². The molecule has 0 N–H and O–H groups in total. The summed E-state index contributed by atoms with van der Waals surface area (Å²) in [7, 11) is 0. The van der Waals surface area contributed by atoms with Crippen molar-refractivity contribution in [1.82, 2.24) is 0 Å². The molecule has 0 heterocycles. The van der Waals surface area contributed by atoms with Crippen LogP contribution in [-0.2, 0) is 0 Å². The lowest BCUT2D eigenvalue weighted by molar-refractivity contribution is -0.386. The molecule has 0 bridgehead atoms. The van der Waals surface area contributed by atoms with E-state index in [2.05, 4.69) is 15.9 Å². The Morgan fingerprint density at radius 1 is 1.65 bits per heavy atom. The van der Waals surface area contributed by atoms with Crippen molar-refractivity contribution in [3.63, 3.8) is 0 Å². The van der Waals surface area contributed by atoms with Gasteiger partial charge in [0.2, 0.25) is 5.75 Å². The average molecular weight is 367 g/mol. The van der Waals surface area contributed by atoms with Crippen molar-refractivity contribution in [2.75, 3.05) is 0 Å². The minimum absolute atomic E-state index is 0.0178. The Kier molecular flexibility index (Phi) is 4.25. The summed E-state index contributed by atoms with van der Waals surface area (Å²) < 4.78 is 19.3. The molecule has 1 aromatic rings. The maximum absolute atomic E-state index is 13.3. The second-order valence-corrected chi connectivity index (χ2v) is 6.54. The van der Waals surface area contributed by atoms with Gasteiger partial charge in [-0.15, -0.1) is 11.6 Å². The van der Waals surface area contributed by atoms with E-state index >= 15 is 0 Å². The lowest BCUT2D eigenvalue weighted by Crippen LogP contribution is -2.55. The molecule has 0 spiro atoms. The fourth-order valence-electron chi connectivity index (χ4n) is 2.34. The van der Waals surface area contributed by atoms with Crippen LogP contribution in [0.1, 0.15) is 26.7 Å². The third-order valence-electron chi connectivity index (χ3n) is 4.08. The molecule has 0 aromatic heterocycles. The van der Waals surface area contributed by atoms with Crippen LogP contribution in [0.3, 0.4) is 0 Å². The van der Waals surface area contributed by atoms with Crippen LogP contribution in [0.4, 0.5) is 10.1 Å². The van der Waals surface area contributed by atoms with E-state index in [1.165, 1.54) is 0 Å². The topological polar surface area (TPSA) is 52.4 Å². The number of rotatable bonds is 4. The molecule has 0 saturated heterocycles. The summed E-state index contributed by atoms with van der Waals surface area (Å²) in [5, 5.41) is 11.0. The number of halogens is 3. The first-order valence-electron chi connectivity index (χ1n) is 6.23. The van der Waals surface area contributed by atoms with Gasteiger partial charge in [-0.3, -0.25) is 10.1 Å². The van der Waals surface area contributed by atoms with Crippen LogP contribution in [0.25, 0.3) is 0 Å². The van der Waals surface area contributed by atoms with Crippen molar-refractivity contribution in [2.45, 2.75) is 38.2 Å². The number of hydrogen-bond donors (Lipinski definition) is 0. The molecule has 1 fully saturated rings. The van der Waals surface area contributed by atoms with Crippen LogP contribution in [-0.4, -0.2) is 16.4 Å². The first kappa shape index (κ1) is 15.5. The summed E-state index contributed by atoms with van der Waals surface area (Å²) >= 11 is 9.32. The zero-order chi connectivity index (χ0) is 15.1. The molecule has 1 saturated carbocycles. The van der Waals surface area contributed by atoms with E-state index in [9.17, 15) is 14.5 Å². The summed E-state index contributed by atoms with van der Waals surface area (Å²) in [6, 6.07) is 2.02. The van der Waals surface area contributed by atoms with Crippen molar-refractivity contribution in [3.8, 4) is 5.75 Å². The Labute approximate surface area is 129 Å². The van der Waals surface area contributed by atoms with E-state index in [1.54, 1.807) is 0 Å². The van der Waals surface area contributed by atoms with Gasteiger partial charge >= 0.3 is 5.69 Å². The summed E-state index contributed by atoms with van der Waals surface area (Å²) in [4.78, 5) is 10.4. The highest BCUT2D eigenvalue weighted by atomic mass is 79.9. The number of alkyl halides is 1. The van der Waals surface area contributed by atoms with Crippen LogP contribution in [0.15, 0.2) is 16.6 Å². The molecular formula is C13H14BrClFNO3. The highest BCUT2D eigenvalue weighted by Gasteiger charge is 2.52. The molecule has 4 nitrogen and oxygen atoms in total. The van der Waals surface area contributed by atoms with Crippen LogP contribution < -0.4 is 4.74 Å². The van der Waals surface area contributed by atoms with Gasteiger partial charge in [0.05, 0.1) is 15.5 Å². The highest BCUT2D eigenvalue weighted by Crippen LogP contribution is 2.51. The molecule has 1 aromatic carbocycles. The minimum atomic E-state index is -0.682. The van der Waals surface area contributed by atoms with Crippen molar-refractivity contribution >= 4 is 33.2 Å². The molecule has 0 radical (unpaired) electrons. The van der Waals surface area contributed by atoms with Crippen LogP contribution in [0, 0.1) is 21.3 Å². The highest BCUT2D eigenvalue weighted by molar-refractivity contribution is 9.10.